The Morgan fingerprint density at radius 1 is 1.00 bits per heavy atom. The summed E-state index contributed by atoms with van der Waals surface area (Å²) < 4.78 is 13.2. The summed E-state index contributed by atoms with van der Waals surface area (Å²) in [5.41, 5.74) is 1.00. The fourth-order valence-corrected chi connectivity index (χ4v) is 2.66. The van der Waals surface area contributed by atoms with E-state index in [0.29, 0.717) is 0 Å². The summed E-state index contributed by atoms with van der Waals surface area (Å²) in [5, 5.41) is 0. The standard InChI is InChI=1S/C17H28FNS/c1-2-19(17-12-10-11-16(18)15-17)13-8-6-4-3-5-7-9-14-20/h10-12,15,20H,2-9,13-14H2,1H3. The number of thiol groups is 1. The summed E-state index contributed by atoms with van der Waals surface area (Å²) in [4.78, 5) is 2.25. The van der Waals surface area contributed by atoms with Gasteiger partial charge in [-0.15, -0.1) is 0 Å². The van der Waals surface area contributed by atoms with E-state index in [0.717, 1.165) is 24.5 Å². The number of anilines is 1. The Bertz CT molecular complexity index is 357. The maximum Gasteiger partial charge on any atom is 0.125 e. The van der Waals surface area contributed by atoms with Crippen LogP contribution in [0.5, 0.6) is 0 Å². The molecule has 0 fully saturated rings. The van der Waals surface area contributed by atoms with Crippen LogP contribution in [0.4, 0.5) is 10.1 Å². The molecule has 0 aliphatic heterocycles. The fourth-order valence-electron chi connectivity index (χ4n) is 2.44. The minimum Gasteiger partial charge on any atom is -0.372 e. The number of hydrogen-bond donors (Lipinski definition) is 1. The molecule has 0 amide bonds. The lowest BCUT2D eigenvalue weighted by atomic mass is 10.1. The SMILES string of the molecule is CCN(CCCCCCCCCS)c1cccc(F)c1. The van der Waals surface area contributed by atoms with Gasteiger partial charge in [-0.05, 0) is 43.7 Å². The Kier molecular flexibility index (Phi) is 9.56. The van der Waals surface area contributed by atoms with Crippen LogP contribution in [0.1, 0.15) is 51.9 Å². The molecule has 0 heterocycles. The second kappa shape index (κ2) is 11.0. The van der Waals surface area contributed by atoms with Gasteiger partial charge in [0.15, 0.2) is 0 Å². The topological polar surface area (TPSA) is 3.24 Å². The third-order valence-corrected chi connectivity index (χ3v) is 3.96. The average Bonchev–Trinajstić information content (AvgIpc) is 2.46. The molecule has 0 N–H and O–H groups in total. The second-order valence-electron chi connectivity index (χ2n) is 5.26. The van der Waals surface area contributed by atoms with Gasteiger partial charge in [0.1, 0.15) is 5.82 Å². The van der Waals surface area contributed by atoms with E-state index in [9.17, 15) is 4.39 Å². The smallest absolute Gasteiger partial charge is 0.125 e. The molecule has 1 aromatic rings. The highest BCUT2D eigenvalue weighted by Gasteiger charge is 2.04. The fraction of sp³-hybridized carbons (Fsp3) is 0.647. The first-order chi connectivity index (χ1) is 9.77. The van der Waals surface area contributed by atoms with E-state index >= 15 is 0 Å². The van der Waals surface area contributed by atoms with Gasteiger partial charge >= 0.3 is 0 Å². The molecule has 114 valence electrons. The van der Waals surface area contributed by atoms with Crippen molar-refractivity contribution in [2.45, 2.75) is 51.9 Å². The Balaban J connectivity index is 2.16. The molecule has 0 aromatic heterocycles. The largest absolute Gasteiger partial charge is 0.372 e. The van der Waals surface area contributed by atoms with Gasteiger partial charge in [0.2, 0.25) is 0 Å². The number of hydrogen-bond acceptors (Lipinski definition) is 2. The molecule has 0 aliphatic rings. The number of rotatable bonds is 11. The van der Waals surface area contributed by atoms with Crippen LogP contribution < -0.4 is 4.90 Å². The van der Waals surface area contributed by atoms with Gasteiger partial charge in [-0.25, -0.2) is 4.39 Å². The van der Waals surface area contributed by atoms with Crippen LogP contribution in [-0.2, 0) is 0 Å². The van der Waals surface area contributed by atoms with Crippen LogP contribution >= 0.6 is 12.6 Å². The first-order valence-electron chi connectivity index (χ1n) is 7.89. The van der Waals surface area contributed by atoms with Crippen LogP contribution in [0.15, 0.2) is 24.3 Å². The van der Waals surface area contributed by atoms with E-state index in [-0.39, 0.29) is 5.82 Å². The Hall–Kier alpha value is -0.700. The van der Waals surface area contributed by atoms with Crippen LogP contribution in [0.25, 0.3) is 0 Å². The molecule has 0 saturated carbocycles. The molecule has 1 nitrogen and oxygen atoms in total. The summed E-state index contributed by atoms with van der Waals surface area (Å²) >= 11 is 4.22. The highest BCUT2D eigenvalue weighted by atomic mass is 32.1. The minimum atomic E-state index is -0.148. The average molecular weight is 297 g/mol. The molecule has 0 radical (unpaired) electrons. The second-order valence-corrected chi connectivity index (χ2v) is 5.71. The molecule has 0 bridgehead atoms. The minimum absolute atomic E-state index is 0.148. The zero-order valence-corrected chi connectivity index (χ0v) is 13.5. The summed E-state index contributed by atoms with van der Waals surface area (Å²) in [7, 11) is 0. The normalized spacial score (nSPS) is 10.8. The lowest BCUT2D eigenvalue weighted by Crippen LogP contribution is -2.23. The lowest BCUT2D eigenvalue weighted by molar-refractivity contribution is 0.585. The predicted octanol–water partition coefficient (Wildman–Crippen LogP) is 5.31. The van der Waals surface area contributed by atoms with Crippen molar-refractivity contribution in [3.63, 3.8) is 0 Å². The van der Waals surface area contributed by atoms with Gasteiger partial charge in [0.05, 0.1) is 0 Å². The third kappa shape index (κ3) is 7.18. The van der Waals surface area contributed by atoms with Gasteiger partial charge in [0.25, 0.3) is 0 Å². The van der Waals surface area contributed by atoms with E-state index < -0.39 is 0 Å². The Morgan fingerprint density at radius 3 is 2.25 bits per heavy atom. The van der Waals surface area contributed by atoms with Crippen LogP contribution in [0.2, 0.25) is 0 Å². The molecule has 0 unspecified atom stereocenters. The molecule has 0 saturated heterocycles. The monoisotopic (exact) mass is 297 g/mol. The van der Waals surface area contributed by atoms with Gasteiger partial charge < -0.3 is 4.90 Å². The van der Waals surface area contributed by atoms with Crippen molar-refractivity contribution >= 4 is 18.3 Å². The van der Waals surface area contributed by atoms with Gasteiger partial charge in [-0.2, -0.15) is 12.6 Å². The van der Waals surface area contributed by atoms with Gasteiger partial charge in [-0.1, -0.05) is 38.2 Å². The summed E-state index contributed by atoms with van der Waals surface area (Å²) in [6.07, 6.45) is 9.00. The van der Waals surface area contributed by atoms with E-state index in [1.165, 1.54) is 51.0 Å². The summed E-state index contributed by atoms with van der Waals surface area (Å²) in [5.74, 6) is 0.865. The number of unbranched alkanes of at least 4 members (excludes halogenated alkanes) is 6. The molecule has 1 aromatic carbocycles. The van der Waals surface area contributed by atoms with E-state index in [4.69, 9.17) is 0 Å². The predicted molar refractivity (Wildman–Crippen MR) is 90.5 cm³/mol. The van der Waals surface area contributed by atoms with Crippen molar-refractivity contribution in [1.29, 1.82) is 0 Å². The third-order valence-electron chi connectivity index (χ3n) is 3.64. The maximum atomic E-state index is 13.2. The molecule has 1 rings (SSSR count). The van der Waals surface area contributed by atoms with Crippen molar-refractivity contribution in [2.24, 2.45) is 0 Å². The van der Waals surface area contributed by atoms with Gasteiger partial charge in [0, 0.05) is 18.8 Å². The first-order valence-corrected chi connectivity index (χ1v) is 8.52. The number of halogens is 1. The zero-order valence-electron chi connectivity index (χ0n) is 12.7. The molecule has 0 aliphatic carbocycles. The van der Waals surface area contributed by atoms with E-state index in [2.05, 4.69) is 24.5 Å². The van der Waals surface area contributed by atoms with Crippen molar-refractivity contribution < 1.29 is 4.39 Å². The zero-order chi connectivity index (χ0) is 14.6. The Labute approximate surface area is 129 Å². The maximum absolute atomic E-state index is 13.2. The highest BCUT2D eigenvalue weighted by molar-refractivity contribution is 7.80. The summed E-state index contributed by atoms with van der Waals surface area (Å²) in [6, 6.07) is 6.90. The molecule has 3 heteroatoms. The Morgan fingerprint density at radius 2 is 1.65 bits per heavy atom. The summed E-state index contributed by atoms with van der Waals surface area (Å²) in [6.45, 7) is 4.09. The van der Waals surface area contributed by atoms with Crippen molar-refractivity contribution in [1.82, 2.24) is 0 Å². The molecular weight excluding hydrogens is 269 g/mol. The van der Waals surface area contributed by atoms with Crippen LogP contribution in [-0.4, -0.2) is 18.8 Å². The number of benzene rings is 1. The van der Waals surface area contributed by atoms with E-state index in [1.807, 2.05) is 6.07 Å². The highest BCUT2D eigenvalue weighted by Crippen LogP contribution is 2.16. The van der Waals surface area contributed by atoms with Crippen LogP contribution in [0.3, 0.4) is 0 Å². The first kappa shape index (κ1) is 17.4. The van der Waals surface area contributed by atoms with E-state index in [1.54, 1.807) is 12.1 Å². The quantitative estimate of drug-likeness (QED) is 0.428. The van der Waals surface area contributed by atoms with Crippen LogP contribution in [0, 0.1) is 5.82 Å². The molecule has 0 spiro atoms. The van der Waals surface area contributed by atoms with Gasteiger partial charge in [-0.3, -0.25) is 0 Å². The number of nitrogens with zero attached hydrogens (tertiary/aromatic N) is 1. The lowest BCUT2D eigenvalue weighted by Gasteiger charge is -2.23. The molecular formula is C17H28FNS. The van der Waals surface area contributed by atoms with Crippen molar-refractivity contribution in [3.05, 3.63) is 30.1 Å². The molecule has 0 atom stereocenters. The van der Waals surface area contributed by atoms with Crippen molar-refractivity contribution in [2.75, 3.05) is 23.7 Å². The van der Waals surface area contributed by atoms with Crippen molar-refractivity contribution in [3.8, 4) is 0 Å². The molecule has 20 heavy (non-hydrogen) atoms.